The summed E-state index contributed by atoms with van der Waals surface area (Å²) in [5.41, 5.74) is 0. The third-order valence-electron chi connectivity index (χ3n) is 2.52. The lowest BCUT2D eigenvalue weighted by Crippen LogP contribution is -2.29. The van der Waals surface area contributed by atoms with E-state index in [1.165, 1.54) is 0 Å². The van der Waals surface area contributed by atoms with Gasteiger partial charge in [0.1, 0.15) is 5.82 Å². The Hall–Kier alpha value is -1.32. The molecule has 1 fully saturated rings. The maximum absolute atomic E-state index is 11.5. The van der Waals surface area contributed by atoms with Crippen LogP contribution in [0.15, 0.2) is 12.4 Å². The van der Waals surface area contributed by atoms with E-state index in [1.807, 2.05) is 6.92 Å². The van der Waals surface area contributed by atoms with Crippen molar-refractivity contribution in [1.29, 1.82) is 0 Å². The van der Waals surface area contributed by atoms with Crippen LogP contribution in [0.25, 0.3) is 0 Å². The van der Waals surface area contributed by atoms with Crippen molar-refractivity contribution in [3.8, 4) is 0 Å². The Morgan fingerprint density at radius 2 is 2.57 bits per heavy atom. The molecular weight excluding hydrogens is 178 g/mol. The summed E-state index contributed by atoms with van der Waals surface area (Å²) in [5, 5.41) is 3.00. The van der Waals surface area contributed by atoms with E-state index >= 15 is 0 Å². The molecule has 0 aliphatic heterocycles. The van der Waals surface area contributed by atoms with Crippen LogP contribution in [0.2, 0.25) is 0 Å². The van der Waals surface area contributed by atoms with Gasteiger partial charge in [-0.05, 0) is 19.3 Å². The van der Waals surface area contributed by atoms with Gasteiger partial charge in [-0.25, -0.2) is 4.98 Å². The highest BCUT2D eigenvalue weighted by atomic mass is 16.2. The molecule has 1 amide bonds. The van der Waals surface area contributed by atoms with E-state index < -0.39 is 0 Å². The van der Waals surface area contributed by atoms with Gasteiger partial charge in [0, 0.05) is 18.3 Å². The van der Waals surface area contributed by atoms with Crippen LogP contribution < -0.4 is 5.32 Å². The number of hydrogen-bond acceptors (Lipinski definition) is 2. The molecule has 4 nitrogen and oxygen atoms in total. The molecule has 1 atom stereocenters. The molecule has 1 heterocycles. The molecule has 4 heteroatoms. The van der Waals surface area contributed by atoms with Gasteiger partial charge in [0.05, 0.1) is 6.04 Å². The Bertz CT molecular complexity index is 303. The maximum Gasteiger partial charge on any atom is 0.223 e. The van der Waals surface area contributed by atoms with Gasteiger partial charge < -0.3 is 10.3 Å². The van der Waals surface area contributed by atoms with Crippen molar-refractivity contribution >= 4 is 5.91 Å². The van der Waals surface area contributed by atoms with Crippen molar-refractivity contribution in [2.45, 2.75) is 32.2 Å². The highest BCUT2D eigenvalue weighted by Crippen LogP contribution is 2.29. The molecule has 1 aliphatic rings. The van der Waals surface area contributed by atoms with Gasteiger partial charge in [0.25, 0.3) is 0 Å². The van der Waals surface area contributed by atoms with Crippen LogP contribution in [0, 0.1) is 5.92 Å². The van der Waals surface area contributed by atoms with Gasteiger partial charge in [-0.2, -0.15) is 0 Å². The van der Waals surface area contributed by atoms with Gasteiger partial charge >= 0.3 is 0 Å². The number of imidazole rings is 1. The van der Waals surface area contributed by atoms with E-state index in [0.717, 1.165) is 25.1 Å². The lowest BCUT2D eigenvalue weighted by atomic mass is 10.2. The third-order valence-corrected chi connectivity index (χ3v) is 2.52. The number of amides is 1. The van der Waals surface area contributed by atoms with Crippen LogP contribution in [-0.2, 0) is 4.79 Å². The zero-order valence-corrected chi connectivity index (χ0v) is 8.29. The predicted molar refractivity (Wildman–Crippen MR) is 52.5 cm³/mol. The van der Waals surface area contributed by atoms with Crippen molar-refractivity contribution in [2.75, 3.05) is 0 Å². The van der Waals surface area contributed by atoms with Crippen LogP contribution in [0.1, 0.15) is 38.1 Å². The summed E-state index contributed by atoms with van der Waals surface area (Å²) in [7, 11) is 0. The van der Waals surface area contributed by atoms with E-state index in [2.05, 4.69) is 15.3 Å². The average molecular weight is 193 g/mol. The fourth-order valence-electron chi connectivity index (χ4n) is 1.47. The summed E-state index contributed by atoms with van der Waals surface area (Å²) < 4.78 is 0. The van der Waals surface area contributed by atoms with Crippen molar-refractivity contribution in [2.24, 2.45) is 5.92 Å². The first kappa shape index (κ1) is 9.24. The van der Waals surface area contributed by atoms with E-state index in [1.54, 1.807) is 12.4 Å². The molecule has 1 aromatic heterocycles. The monoisotopic (exact) mass is 193 g/mol. The third kappa shape index (κ3) is 1.95. The SMILES string of the molecule is CCC(NC(=O)C1CC1)c1ncc[nH]1. The van der Waals surface area contributed by atoms with Gasteiger partial charge in [0.2, 0.25) is 5.91 Å². The Morgan fingerprint density at radius 3 is 3.07 bits per heavy atom. The Morgan fingerprint density at radius 1 is 1.79 bits per heavy atom. The molecule has 1 aromatic rings. The summed E-state index contributed by atoms with van der Waals surface area (Å²) in [6, 6.07) is 0.0399. The quantitative estimate of drug-likeness (QED) is 0.759. The first-order valence-corrected chi connectivity index (χ1v) is 5.11. The Labute approximate surface area is 83.1 Å². The molecule has 0 spiro atoms. The molecule has 0 bridgehead atoms. The van der Waals surface area contributed by atoms with E-state index in [4.69, 9.17) is 0 Å². The zero-order chi connectivity index (χ0) is 9.97. The number of hydrogen-bond donors (Lipinski definition) is 2. The summed E-state index contributed by atoms with van der Waals surface area (Å²) >= 11 is 0. The Kier molecular flexibility index (Phi) is 2.52. The minimum atomic E-state index is 0.0399. The summed E-state index contributed by atoms with van der Waals surface area (Å²) in [5.74, 6) is 1.29. The van der Waals surface area contributed by atoms with Crippen LogP contribution >= 0.6 is 0 Å². The van der Waals surface area contributed by atoms with Crippen molar-refractivity contribution in [1.82, 2.24) is 15.3 Å². The molecule has 0 saturated heterocycles. The minimum Gasteiger partial charge on any atom is -0.347 e. The smallest absolute Gasteiger partial charge is 0.223 e. The van der Waals surface area contributed by atoms with Crippen molar-refractivity contribution in [3.05, 3.63) is 18.2 Å². The second-order valence-corrected chi connectivity index (χ2v) is 3.72. The van der Waals surface area contributed by atoms with E-state index in [-0.39, 0.29) is 17.9 Å². The second-order valence-electron chi connectivity index (χ2n) is 3.72. The molecule has 2 N–H and O–H groups in total. The number of carbonyl (C=O) groups is 1. The number of aromatic amines is 1. The number of H-pyrrole nitrogens is 1. The highest BCUT2D eigenvalue weighted by molar-refractivity contribution is 5.81. The number of nitrogens with zero attached hydrogens (tertiary/aromatic N) is 1. The first-order valence-electron chi connectivity index (χ1n) is 5.11. The van der Waals surface area contributed by atoms with E-state index in [0.29, 0.717) is 0 Å². The molecule has 1 aliphatic carbocycles. The number of nitrogens with one attached hydrogen (secondary N) is 2. The number of aromatic nitrogens is 2. The second kappa shape index (κ2) is 3.82. The fraction of sp³-hybridized carbons (Fsp3) is 0.600. The maximum atomic E-state index is 11.5. The first-order chi connectivity index (χ1) is 6.81. The molecule has 0 aromatic carbocycles. The molecule has 0 radical (unpaired) electrons. The predicted octanol–water partition coefficient (Wildman–Crippen LogP) is 1.39. The van der Waals surface area contributed by atoms with Crippen LogP contribution in [0.4, 0.5) is 0 Å². The normalized spacial score (nSPS) is 17.8. The largest absolute Gasteiger partial charge is 0.347 e. The highest BCUT2D eigenvalue weighted by Gasteiger charge is 2.31. The Balaban J connectivity index is 1.96. The van der Waals surface area contributed by atoms with Crippen LogP contribution in [0.3, 0.4) is 0 Å². The summed E-state index contributed by atoms with van der Waals surface area (Å²) in [6.45, 7) is 2.04. The van der Waals surface area contributed by atoms with Gasteiger partial charge in [-0.3, -0.25) is 4.79 Å². The molecule has 1 unspecified atom stereocenters. The molecule has 2 rings (SSSR count). The van der Waals surface area contributed by atoms with Crippen LogP contribution in [-0.4, -0.2) is 15.9 Å². The molecule has 1 saturated carbocycles. The van der Waals surface area contributed by atoms with Gasteiger partial charge in [-0.15, -0.1) is 0 Å². The topological polar surface area (TPSA) is 57.8 Å². The molecule has 76 valence electrons. The summed E-state index contributed by atoms with van der Waals surface area (Å²) in [6.07, 6.45) is 6.44. The fourth-order valence-corrected chi connectivity index (χ4v) is 1.47. The van der Waals surface area contributed by atoms with Crippen LogP contribution in [0.5, 0.6) is 0 Å². The van der Waals surface area contributed by atoms with Gasteiger partial charge in [0.15, 0.2) is 0 Å². The standard InChI is InChI=1S/C10H15N3O/c1-2-8(9-11-5-6-12-9)13-10(14)7-3-4-7/h5-8H,2-4H2,1H3,(H,11,12)(H,13,14). The lowest BCUT2D eigenvalue weighted by molar-refractivity contribution is -0.123. The molecule has 14 heavy (non-hydrogen) atoms. The van der Waals surface area contributed by atoms with Gasteiger partial charge in [-0.1, -0.05) is 6.92 Å². The molecular formula is C10H15N3O. The van der Waals surface area contributed by atoms with Crippen molar-refractivity contribution in [3.63, 3.8) is 0 Å². The summed E-state index contributed by atoms with van der Waals surface area (Å²) in [4.78, 5) is 18.7. The van der Waals surface area contributed by atoms with Crippen molar-refractivity contribution < 1.29 is 4.79 Å². The lowest BCUT2D eigenvalue weighted by Gasteiger charge is -2.14. The number of carbonyl (C=O) groups excluding carboxylic acids is 1. The minimum absolute atomic E-state index is 0.0399. The number of rotatable bonds is 4. The average Bonchev–Trinajstić information content (AvgIpc) is 2.91. The zero-order valence-electron chi connectivity index (χ0n) is 8.29. The van der Waals surface area contributed by atoms with E-state index in [9.17, 15) is 4.79 Å².